The zero-order valence-corrected chi connectivity index (χ0v) is 7.25. The number of rotatable bonds is 4. The fraction of sp³-hybridized carbons (Fsp3) is 0.875. The van der Waals surface area contributed by atoms with Crippen LogP contribution in [0.3, 0.4) is 0 Å². The summed E-state index contributed by atoms with van der Waals surface area (Å²) in [4.78, 5) is 11.1. The van der Waals surface area contributed by atoms with Gasteiger partial charge in [0, 0.05) is 19.6 Å². The molecule has 1 heterocycles. The Morgan fingerprint density at radius 1 is 1.83 bits per heavy atom. The van der Waals surface area contributed by atoms with E-state index in [9.17, 15) is 9.90 Å². The Morgan fingerprint density at radius 3 is 3.08 bits per heavy atom. The number of aliphatic hydroxyl groups excluding tert-OH is 1. The van der Waals surface area contributed by atoms with Crippen LogP contribution in [0, 0.1) is 5.92 Å². The SMILES string of the molecule is COCC(O)CC1CCNC1=O. The average Bonchev–Trinajstić information content (AvgIpc) is 2.37. The maximum Gasteiger partial charge on any atom is 0.223 e. The third-order valence-corrected chi connectivity index (χ3v) is 2.08. The van der Waals surface area contributed by atoms with Crippen molar-refractivity contribution in [2.45, 2.75) is 18.9 Å². The first-order chi connectivity index (χ1) is 5.74. The van der Waals surface area contributed by atoms with E-state index < -0.39 is 6.10 Å². The molecule has 0 radical (unpaired) electrons. The predicted molar refractivity (Wildman–Crippen MR) is 43.6 cm³/mol. The molecule has 0 aliphatic carbocycles. The van der Waals surface area contributed by atoms with Crippen LogP contribution in [0.15, 0.2) is 0 Å². The minimum absolute atomic E-state index is 0.0184. The standard InChI is InChI=1S/C8H15NO3/c1-12-5-7(10)4-6-2-3-9-8(6)11/h6-7,10H,2-5H2,1H3,(H,9,11). The Bertz CT molecular complexity index is 160. The number of hydrogen-bond donors (Lipinski definition) is 2. The van der Waals surface area contributed by atoms with Crippen LogP contribution in [-0.2, 0) is 9.53 Å². The summed E-state index contributed by atoms with van der Waals surface area (Å²) in [6, 6.07) is 0. The number of methoxy groups -OCH3 is 1. The van der Waals surface area contributed by atoms with Gasteiger partial charge in [-0.1, -0.05) is 0 Å². The minimum atomic E-state index is -0.510. The first kappa shape index (κ1) is 9.48. The second-order valence-corrected chi connectivity index (χ2v) is 3.12. The van der Waals surface area contributed by atoms with E-state index in [1.807, 2.05) is 0 Å². The van der Waals surface area contributed by atoms with E-state index in [0.717, 1.165) is 13.0 Å². The zero-order valence-electron chi connectivity index (χ0n) is 7.25. The molecule has 1 fully saturated rings. The third-order valence-electron chi connectivity index (χ3n) is 2.08. The Hall–Kier alpha value is -0.610. The van der Waals surface area contributed by atoms with Crippen molar-refractivity contribution < 1.29 is 14.6 Å². The van der Waals surface area contributed by atoms with E-state index in [-0.39, 0.29) is 11.8 Å². The molecule has 2 unspecified atom stereocenters. The quantitative estimate of drug-likeness (QED) is 0.603. The molecule has 0 aromatic heterocycles. The van der Waals surface area contributed by atoms with Crippen LogP contribution in [0.25, 0.3) is 0 Å². The van der Waals surface area contributed by atoms with Crippen LogP contribution in [0.2, 0.25) is 0 Å². The van der Waals surface area contributed by atoms with Crippen LogP contribution in [0.1, 0.15) is 12.8 Å². The molecule has 1 rings (SSSR count). The molecule has 1 saturated heterocycles. The second-order valence-electron chi connectivity index (χ2n) is 3.12. The highest BCUT2D eigenvalue weighted by atomic mass is 16.5. The van der Waals surface area contributed by atoms with Gasteiger partial charge in [-0.25, -0.2) is 0 Å². The number of amides is 1. The fourth-order valence-corrected chi connectivity index (χ4v) is 1.46. The van der Waals surface area contributed by atoms with E-state index in [1.54, 1.807) is 0 Å². The number of hydrogen-bond acceptors (Lipinski definition) is 3. The van der Waals surface area contributed by atoms with Crippen LogP contribution in [0.5, 0.6) is 0 Å². The highest BCUT2D eigenvalue weighted by Crippen LogP contribution is 2.15. The summed E-state index contributed by atoms with van der Waals surface area (Å²) in [6.07, 6.45) is 0.836. The maximum absolute atomic E-state index is 11.1. The van der Waals surface area contributed by atoms with Crippen LogP contribution < -0.4 is 5.32 Å². The molecule has 1 aliphatic heterocycles. The Morgan fingerprint density at radius 2 is 2.58 bits per heavy atom. The molecule has 1 amide bonds. The van der Waals surface area contributed by atoms with Crippen LogP contribution in [0.4, 0.5) is 0 Å². The van der Waals surface area contributed by atoms with Gasteiger partial charge in [-0.2, -0.15) is 0 Å². The molecule has 70 valence electrons. The molecule has 0 aromatic carbocycles. The summed E-state index contributed by atoms with van der Waals surface area (Å²) in [5.74, 6) is 0.0419. The molecule has 4 nitrogen and oxygen atoms in total. The second kappa shape index (κ2) is 4.42. The number of carbonyl (C=O) groups is 1. The van der Waals surface area contributed by atoms with Crippen LogP contribution in [-0.4, -0.2) is 37.4 Å². The van der Waals surface area contributed by atoms with Gasteiger partial charge in [0.15, 0.2) is 0 Å². The molecule has 12 heavy (non-hydrogen) atoms. The van der Waals surface area contributed by atoms with Gasteiger partial charge in [0.1, 0.15) is 0 Å². The zero-order chi connectivity index (χ0) is 8.97. The normalized spacial score (nSPS) is 25.5. The topological polar surface area (TPSA) is 58.6 Å². The highest BCUT2D eigenvalue weighted by molar-refractivity contribution is 5.80. The number of aliphatic hydroxyl groups is 1. The van der Waals surface area contributed by atoms with E-state index in [2.05, 4.69) is 5.32 Å². The third kappa shape index (κ3) is 2.46. The fourth-order valence-electron chi connectivity index (χ4n) is 1.46. The van der Waals surface area contributed by atoms with Gasteiger partial charge < -0.3 is 15.2 Å². The molecule has 0 bridgehead atoms. The van der Waals surface area contributed by atoms with Crippen molar-refractivity contribution in [3.8, 4) is 0 Å². The number of ether oxygens (including phenoxy) is 1. The number of carbonyl (C=O) groups excluding carboxylic acids is 1. The van der Waals surface area contributed by atoms with Crippen molar-refractivity contribution in [2.24, 2.45) is 5.92 Å². The molecule has 0 saturated carbocycles. The molecular formula is C8H15NO3. The Labute approximate surface area is 71.9 Å². The lowest BCUT2D eigenvalue weighted by molar-refractivity contribution is -0.123. The molecule has 2 atom stereocenters. The van der Waals surface area contributed by atoms with Gasteiger partial charge in [0.25, 0.3) is 0 Å². The molecule has 4 heteroatoms. The van der Waals surface area contributed by atoms with Gasteiger partial charge in [0.2, 0.25) is 5.91 Å². The van der Waals surface area contributed by atoms with Crippen molar-refractivity contribution in [3.63, 3.8) is 0 Å². The van der Waals surface area contributed by atoms with E-state index in [4.69, 9.17) is 4.74 Å². The molecule has 2 N–H and O–H groups in total. The predicted octanol–water partition coefficient (Wildman–Crippen LogP) is -0.480. The van der Waals surface area contributed by atoms with Crippen molar-refractivity contribution in [1.82, 2.24) is 5.32 Å². The van der Waals surface area contributed by atoms with Crippen molar-refractivity contribution in [1.29, 1.82) is 0 Å². The summed E-state index contributed by atoms with van der Waals surface area (Å²) in [6.45, 7) is 1.05. The van der Waals surface area contributed by atoms with Crippen molar-refractivity contribution in [3.05, 3.63) is 0 Å². The van der Waals surface area contributed by atoms with Crippen molar-refractivity contribution in [2.75, 3.05) is 20.3 Å². The number of nitrogens with one attached hydrogen (secondary N) is 1. The summed E-state index contributed by atoms with van der Waals surface area (Å²) in [5.41, 5.74) is 0. The van der Waals surface area contributed by atoms with Gasteiger partial charge in [-0.3, -0.25) is 4.79 Å². The lowest BCUT2D eigenvalue weighted by atomic mass is 10.0. The summed E-state index contributed by atoms with van der Waals surface area (Å²) < 4.78 is 4.77. The summed E-state index contributed by atoms with van der Waals surface area (Å²) >= 11 is 0. The lowest BCUT2D eigenvalue weighted by Crippen LogP contribution is -2.24. The van der Waals surface area contributed by atoms with Crippen molar-refractivity contribution >= 4 is 5.91 Å². The van der Waals surface area contributed by atoms with Gasteiger partial charge in [0.05, 0.1) is 12.7 Å². The molecule has 0 spiro atoms. The van der Waals surface area contributed by atoms with Gasteiger partial charge >= 0.3 is 0 Å². The first-order valence-electron chi connectivity index (χ1n) is 4.18. The average molecular weight is 173 g/mol. The summed E-state index contributed by atoms with van der Waals surface area (Å²) in [7, 11) is 1.54. The van der Waals surface area contributed by atoms with Gasteiger partial charge in [-0.05, 0) is 12.8 Å². The van der Waals surface area contributed by atoms with E-state index in [1.165, 1.54) is 7.11 Å². The Balaban J connectivity index is 2.25. The van der Waals surface area contributed by atoms with E-state index in [0.29, 0.717) is 13.0 Å². The smallest absolute Gasteiger partial charge is 0.223 e. The molecular weight excluding hydrogens is 158 g/mol. The molecule has 0 aromatic rings. The monoisotopic (exact) mass is 173 g/mol. The first-order valence-corrected chi connectivity index (χ1v) is 4.18. The van der Waals surface area contributed by atoms with E-state index >= 15 is 0 Å². The highest BCUT2D eigenvalue weighted by Gasteiger charge is 2.26. The Kier molecular flexibility index (Phi) is 3.49. The largest absolute Gasteiger partial charge is 0.391 e. The van der Waals surface area contributed by atoms with Gasteiger partial charge in [-0.15, -0.1) is 0 Å². The lowest BCUT2D eigenvalue weighted by Gasteiger charge is -2.12. The minimum Gasteiger partial charge on any atom is -0.391 e. The van der Waals surface area contributed by atoms with Crippen LogP contribution >= 0.6 is 0 Å². The maximum atomic E-state index is 11.1. The molecule has 1 aliphatic rings. The summed E-state index contributed by atoms with van der Waals surface area (Å²) in [5, 5.41) is 12.0.